The lowest BCUT2D eigenvalue weighted by Gasteiger charge is -2.11. The van der Waals surface area contributed by atoms with Gasteiger partial charge in [0.15, 0.2) is 5.78 Å². The third-order valence-electron chi connectivity index (χ3n) is 2.15. The fourth-order valence-corrected chi connectivity index (χ4v) is 2.44. The molecule has 0 radical (unpaired) electrons. The summed E-state index contributed by atoms with van der Waals surface area (Å²) >= 11 is 11.9. The Hall–Kier alpha value is -0.100. The highest BCUT2D eigenvalue weighted by Crippen LogP contribution is 2.28. The minimum atomic E-state index is -0.104. The van der Waals surface area contributed by atoms with E-state index in [0.29, 0.717) is 15.6 Å². The lowest BCUT2D eigenvalue weighted by Crippen LogP contribution is -2.14. The van der Waals surface area contributed by atoms with Crippen molar-refractivity contribution in [1.29, 1.82) is 0 Å². The molecule has 2 unspecified atom stereocenters. The van der Waals surface area contributed by atoms with Crippen LogP contribution in [-0.4, -0.2) is 11.4 Å². The molecule has 0 saturated carbocycles. The van der Waals surface area contributed by atoms with Crippen LogP contribution in [0.15, 0.2) is 18.2 Å². The Morgan fingerprint density at radius 2 is 1.93 bits per heavy atom. The van der Waals surface area contributed by atoms with Gasteiger partial charge in [-0.15, -0.1) is 9.24 Å². The molecular weight excluding hydrogens is 250 g/mol. The van der Waals surface area contributed by atoms with Gasteiger partial charge in [-0.1, -0.05) is 42.6 Å². The molecule has 1 nitrogen and oxygen atoms in total. The molecule has 0 bridgehead atoms. The van der Waals surface area contributed by atoms with Crippen LogP contribution in [0.1, 0.15) is 30.1 Å². The van der Waals surface area contributed by atoms with Crippen molar-refractivity contribution in [2.24, 2.45) is 0 Å². The van der Waals surface area contributed by atoms with Gasteiger partial charge in [0, 0.05) is 5.66 Å². The number of hydrogen-bond acceptors (Lipinski definition) is 1. The minimum Gasteiger partial charge on any atom is -0.293 e. The van der Waals surface area contributed by atoms with Gasteiger partial charge in [0.05, 0.1) is 15.6 Å². The van der Waals surface area contributed by atoms with Crippen LogP contribution < -0.4 is 0 Å². The molecule has 15 heavy (non-hydrogen) atoms. The first-order valence-electron chi connectivity index (χ1n) is 4.81. The predicted molar refractivity (Wildman–Crippen MR) is 69.2 cm³/mol. The van der Waals surface area contributed by atoms with Gasteiger partial charge in [0.25, 0.3) is 0 Å². The van der Waals surface area contributed by atoms with E-state index in [1.165, 1.54) is 0 Å². The smallest absolute Gasteiger partial charge is 0.172 e. The van der Waals surface area contributed by atoms with Gasteiger partial charge in [-0.2, -0.15) is 0 Å². The maximum Gasteiger partial charge on any atom is 0.172 e. The SMILES string of the molecule is CCCC(P)C(=O)c1c(Cl)cccc1Cl. The van der Waals surface area contributed by atoms with E-state index >= 15 is 0 Å². The summed E-state index contributed by atoms with van der Waals surface area (Å²) in [5, 5.41) is 0.854. The van der Waals surface area contributed by atoms with Crippen LogP contribution in [0.2, 0.25) is 10.0 Å². The molecule has 82 valence electrons. The monoisotopic (exact) mass is 262 g/mol. The van der Waals surface area contributed by atoms with E-state index < -0.39 is 0 Å². The summed E-state index contributed by atoms with van der Waals surface area (Å²) in [7, 11) is 2.55. The van der Waals surface area contributed by atoms with Gasteiger partial charge in [0.2, 0.25) is 0 Å². The number of ketones is 1. The van der Waals surface area contributed by atoms with E-state index in [1.54, 1.807) is 18.2 Å². The van der Waals surface area contributed by atoms with E-state index in [-0.39, 0.29) is 11.4 Å². The quantitative estimate of drug-likeness (QED) is 0.587. The maximum atomic E-state index is 12.0. The largest absolute Gasteiger partial charge is 0.293 e. The van der Waals surface area contributed by atoms with Gasteiger partial charge in [0.1, 0.15) is 0 Å². The third kappa shape index (κ3) is 3.17. The Labute approximate surface area is 102 Å². The van der Waals surface area contributed by atoms with Crippen molar-refractivity contribution < 1.29 is 4.79 Å². The zero-order chi connectivity index (χ0) is 11.4. The molecule has 0 aromatic heterocycles. The van der Waals surface area contributed by atoms with Crippen molar-refractivity contribution >= 4 is 38.2 Å². The summed E-state index contributed by atoms with van der Waals surface area (Å²) in [6, 6.07) is 5.10. The number of halogens is 2. The summed E-state index contributed by atoms with van der Waals surface area (Å²) in [6.07, 6.45) is 1.78. The Morgan fingerprint density at radius 3 is 2.40 bits per heavy atom. The van der Waals surface area contributed by atoms with Gasteiger partial charge < -0.3 is 0 Å². The summed E-state index contributed by atoms with van der Waals surface area (Å²) in [5.74, 6) is -0.00236. The van der Waals surface area contributed by atoms with Crippen LogP contribution in [0.3, 0.4) is 0 Å². The molecule has 1 rings (SSSR count). The Morgan fingerprint density at radius 1 is 1.40 bits per heavy atom. The normalized spacial score (nSPS) is 12.5. The maximum absolute atomic E-state index is 12.0. The number of Topliss-reactive ketones (excluding diaryl/α,β-unsaturated/α-hetero) is 1. The lowest BCUT2D eigenvalue weighted by atomic mass is 10.1. The van der Waals surface area contributed by atoms with Crippen molar-refractivity contribution in [3.63, 3.8) is 0 Å². The average molecular weight is 263 g/mol. The molecule has 1 aromatic rings. The minimum absolute atomic E-state index is 0.00236. The van der Waals surface area contributed by atoms with Crippen LogP contribution in [0.4, 0.5) is 0 Å². The summed E-state index contributed by atoms with van der Waals surface area (Å²) in [4.78, 5) is 12.0. The first-order chi connectivity index (χ1) is 7.07. The molecule has 1 aromatic carbocycles. The molecule has 0 fully saturated rings. The molecule has 0 heterocycles. The molecule has 0 spiro atoms. The second-order valence-electron chi connectivity index (χ2n) is 3.36. The summed E-state index contributed by atoms with van der Waals surface area (Å²) in [6.45, 7) is 2.04. The van der Waals surface area contributed by atoms with Crippen molar-refractivity contribution in [2.75, 3.05) is 0 Å². The lowest BCUT2D eigenvalue weighted by molar-refractivity contribution is 0.0986. The number of carbonyl (C=O) groups is 1. The number of rotatable bonds is 4. The molecular formula is C11H13Cl2OP. The van der Waals surface area contributed by atoms with Gasteiger partial charge in [-0.3, -0.25) is 4.79 Å². The molecule has 0 amide bonds. The van der Waals surface area contributed by atoms with Crippen LogP contribution in [-0.2, 0) is 0 Å². The molecule has 0 aliphatic heterocycles. The molecule has 0 aliphatic rings. The van der Waals surface area contributed by atoms with Gasteiger partial charge in [-0.05, 0) is 18.6 Å². The van der Waals surface area contributed by atoms with Crippen LogP contribution in [0.5, 0.6) is 0 Å². The zero-order valence-corrected chi connectivity index (χ0v) is 11.1. The van der Waals surface area contributed by atoms with Crippen LogP contribution in [0.25, 0.3) is 0 Å². The first-order valence-corrected chi connectivity index (χ1v) is 6.24. The summed E-state index contributed by atoms with van der Waals surface area (Å²) < 4.78 is 0. The number of hydrogen-bond donors (Lipinski definition) is 0. The zero-order valence-electron chi connectivity index (χ0n) is 8.47. The first kappa shape index (κ1) is 13.0. The van der Waals surface area contributed by atoms with Gasteiger partial charge in [-0.25, -0.2) is 0 Å². The topological polar surface area (TPSA) is 17.1 Å². The second-order valence-corrected chi connectivity index (χ2v) is 4.98. The van der Waals surface area contributed by atoms with Crippen LogP contribution >= 0.6 is 32.4 Å². The summed E-state index contributed by atoms with van der Waals surface area (Å²) in [5.41, 5.74) is 0.335. The number of benzene rings is 1. The Balaban J connectivity index is 3.00. The van der Waals surface area contributed by atoms with Crippen molar-refractivity contribution in [3.05, 3.63) is 33.8 Å². The number of carbonyl (C=O) groups excluding carboxylic acids is 1. The van der Waals surface area contributed by atoms with E-state index in [0.717, 1.165) is 12.8 Å². The molecule has 2 atom stereocenters. The molecule has 0 aliphatic carbocycles. The highest BCUT2D eigenvalue weighted by atomic mass is 35.5. The van der Waals surface area contributed by atoms with Crippen molar-refractivity contribution in [1.82, 2.24) is 0 Å². The standard InChI is InChI=1S/C11H13Cl2OP/c1-2-4-9(15)11(14)10-7(12)5-3-6-8(10)13/h3,5-6,9H,2,4,15H2,1H3. The highest BCUT2D eigenvalue weighted by molar-refractivity contribution is 7.19. The second kappa shape index (κ2) is 5.84. The van der Waals surface area contributed by atoms with Gasteiger partial charge >= 0.3 is 0 Å². The van der Waals surface area contributed by atoms with E-state index in [2.05, 4.69) is 9.24 Å². The van der Waals surface area contributed by atoms with E-state index in [4.69, 9.17) is 23.2 Å². The molecule has 0 saturated heterocycles. The van der Waals surface area contributed by atoms with Crippen molar-refractivity contribution in [3.8, 4) is 0 Å². The molecule has 0 N–H and O–H groups in total. The van der Waals surface area contributed by atoms with Crippen LogP contribution in [0, 0.1) is 0 Å². The fraction of sp³-hybridized carbons (Fsp3) is 0.364. The fourth-order valence-electron chi connectivity index (χ4n) is 1.36. The highest BCUT2D eigenvalue weighted by Gasteiger charge is 2.19. The van der Waals surface area contributed by atoms with E-state index in [9.17, 15) is 4.79 Å². The third-order valence-corrected chi connectivity index (χ3v) is 3.41. The average Bonchev–Trinajstić information content (AvgIpc) is 2.17. The Bertz CT molecular complexity index is 345. The van der Waals surface area contributed by atoms with Crippen molar-refractivity contribution in [2.45, 2.75) is 25.4 Å². The van der Waals surface area contributed by atoms with E-state index in [1.807, 2.05) is 6.92 Å². The Kier molecular flexibility index (Phi) is 5.05. The predicted octanol–water partition coefficient (Wildman–Crippen LogP) is 4.22. The molecule has 4 heteroatoms.